The van der Waals surface area contributed by atoms with Crippen molar-refractivity contribution < 1.29 is 14.3 Å². The number of carbonyl (C=O) groups excluding carboxylic acids is 2. The summed E-state index contributed by atoms with van der Waals surface area (Å²) in [5.41, 5.74) is 0. The predicted molar refractivity (Wildman–Crippen MR) is 64.6 cm³/mol. The van der Waals surface area contributed by atoms with E-state index < -0.39 is 6.09 Å². The minimum Gasteiger partial charge on any atom is -0.450 e. The molecular formula is C12H22N2O3. The maximum Gasteiger partial charge on any atom is 0.407 e. The highest BCUT2D eigenvalue weighted by molar-refractivity contribution is 5.78. The van der Waals surface area contributed by atoms with E-state index in [-0.39, 0.29) is 11.8 Å². The van der Waals surface area contributed by atoms with Crippen LogP contribution in [0.4, 0.5) is 4.79 Å². The van der Waals surface area contributed by atoms with Crippen molar-refractivity contribution in [3.63, 3.8) is 0 Å². The van der Waals surface area contributed by atoms with Gasteiger partial charge < -0.3 is 15.4 Å². The summed E-state index contributed by atoms with van der Waals surface area (Å²) in [6.45, 7) is 3.00. The molecule has 0 saturated heterocycles. The van der Waals surface area contributed by atoms with E-state index in [2.05, 4.69) is 10.6 Å². The zero-order valence-corrected chi connectivity index (χ0v) is 10.5. The molecule has 1 fully saturated rings. The lowest BCUT2D eigenvalue weighted by Gasteiger charge is -2.20. The molecule has 17 heavy (non-hydrogen) atoms. The highest BCUT2D eigenvalue weighted by atomic mass is 16.5. The molecular weight excluding hydrogens is 220 g/mol. The number of hydrogen-bond acceptors (Lipinski definition) is 3. The fourth-order valence-electron chi connectivity index (χ4n) is 2.04. The van der Waals surface area contributed by atoms with Crippen LogP contribution < -0.4 is 10.6 Å². The molecule has 1 aliphatic carbocycles. The van der Waals surface area contributed by atoms with Crippen LogP contribution in [-0.2, 0) is 9.53 Å². The number of ether oxygens (including phenoxy) is 1. The van der Waals surface area contributed by atoms with Crippen LogP contribution in [0.3, 0.4) is 0 Å². The van der Waals surface area contributed by atoms with Gasteiger partial charge in [-0.2, -0.15) is 0 Å². The van der Waals surface area contributed by atoms with Crippen LogP contribution in [0.15, 0.2) is 0 Å². The molecule has 5 nitrogen and oxygen atoms in total. The number of hydrogen-bond donors (Lipinski definition) is 2. The fraction of sp³-hybridized carbons (Fsp3) is 0.833. The van der Waals surface area contributed by atoms with E-state index in [0.717, 1.165) is 25.7 Å². The molecule has 0 aromatic rings. The Kier molecular flexibility index (Phi) is 6.43. The maximum absolute atomic E-state index is 11.7. The molecule has 1 rings (SSSR count). The first kappa shape index (κ1) is 13.8. The Hall–Kier alpha value is -1.26. The van der Waals surface area contributed by atoms with E-state index in [0.29, 0.717) is 19.7 Å². The van der Waals surface area contributed by atoms with Crippen molar-refractivity contribution >= 4 is 12.0 Å². The second kappa shape index (κ2) is 7.92. The smallest absolute Gasteiger partial charge is 0.407 e. The SMILES string of the molecule is CCOC(=O)NCCNC(=O)C1CCCCC1. The summed E-state index contributed by atoms with van der Waals surface area (Å²) < 4.78 is 4.70. The second-order valence-electron chi connectivity index (χ2n) is 4.27. The van der Waals surface area contributed by atoms with Crippen molar-refractivity contribution in [3.8, 4) is 0 Å². The fourth-order valence-corrected chi connectivity index (χ4v) is 2.04. The van der Waals surface area contributed by atoms with Crippen LogP contribution in [0.1, 0.15) is 39.0 Å². The molecule has 0 unspecified atom stereocenters. The minimum absolute atomic E-state index is 0.121. The van der Waals surface area contributed by atoms with Crippen molar-refractivity contribution in [3.05, 3.63) is 0 Å². The van der Waals surface area contributed by atoms with Crippen LogP contribution >= 0.6 is 0 Å². The average Bonchev–Trinajstić information content (AvgIpc) is 2.36. The lowest BCUT2D eigenvalue weighted by Crippen LogP contribution is -2.38. The van der Waals surface area contributed by atoms with Crippen molar-refractivity contribution in [1.29, 1.82) is 0 Å². The standard InChI is InChI=1S/C12H22N2O3/c1-2-17-12(16)14-9-8-13-11(15)10-6-4-3-5-7-10/h10H,2-9H2,1H3,(H,13,15)(H,14,16). The maximum atomic E-state index is 11.7. The Labute approximate surface area is 102 Å². The van der Waals surface area contributed by atoms with Crippen molar-refractivity contribution in [1.82, 2.24) is 10.6 Å². The molecule has 0 atom stereocenters. The van der Waals surface area contributed by atoms with Gasteiger partial charge in [-0.3, -0.25) is 4.79 Å². The van der Waals surface area contributed by atoms with Crippen LogP contribution in [0.25, 0.3) is 0 Å². The molecule has 2 N–H and O–H groups in total. The topological polar surface area (TPSA) is 67.4 Å². The van der Waals surface area contributed by atoms with E-state index >= 15 is 0 Å². The number of amides is 2. The van der Waals surface area contributed by atoms with Crippen molar-refractivity contribution in [2.24, 2.45) is 5.92 Å². The molecule has 0 heterocycles. The van der Waals surface area contributed by atoms with E-state index in [1.807, 2.05) is 0 Å². The van der Waals surface area contributed by atoms with E-state index in [9.17, 15) is 9.59 Å². The van der Waals surface area contributed by atoms with Crippen LogP contribution in [0, 0.1) is 5.92 Å². The Morgan fingerprint density at radius 3 is 2.41 bits per heavy atom. The highest BCUT2D eigenvalue weighted by Gasteiger charge is 2.20. The van der Waals surface area contributed by atoms with Crippen molar-refractivity contribution in [2.45, 2.75) is 39.0 Å². The third-order valence-corrected chi connectivity index (χ3v) is 2.94. The first-order chi connectivity index (χ1) is 8.24. The molecule has 0 radical (unpaired) electrons. The van der Waals surface area contributed by atoms with E-state index in [1.165, 1.54) is 6.42 Å². The van der Waals surface area contributed by atoms with Gasteiger partial charge in [0.05, 0.1) is 6.61 Å². The third kappa shape index (κ3) is 5.56. The lowest BCUT2D eigenvalue weighted by atomic mass is 9.89. The monoisotopic (exact) mass is 242 g/mol. The normalized spacial score (nSPS) is 16.3. The second-order valence-corrected chi connectivity index (χ2v) is 4.27. The first-order valence-electron chi connectivity index (χ1n) is 6.42. The minimum atomic E-state index is -0.431. The van der Waals surface area contributed by atoms with Crippen molar-refractivity contribution in [2.75, 3.05) is 19.7 Å². The lowest BCUT2D eigenvalue weighted by molar-refractivity contribution is -0.125. The zero-order valence-electron chi connectivity index (χ0n) is 10.5. The predicted octanol–water partition coefficient (Wildman–Crippen LogP) is 1.43. The number of carbonyl (C=O) groups is 2. The molecule has 1 saturated carbocycles. The van der Waals surface area contributed by atoms with Gasteiger partial charge >= 0.3 is 6.09 Å². The molecule has 0 aromatic heterocycles. The summed E-state index contributed by atoms with van der Waals surface area (Å²) >= 11 is 0. The number of nitrogens with one attached hydrogen (secondary N) is 2. The van der Waals surface area contributed by atoms with Crippen LogP contribution in [0.2, 0.25) is 0 Å². The molecule has 0 aromatic carbocycles. The average molecular weight is 242 g/mol. The van der Waals surface area contributed by atoms with Gasteiger partial charge in [-0.05, 0) is 19.8 Å². The Morgan fingerprint density at radius 2 is 1.76 bits per heavy atom. The van der Waals surface area contributed by atoms with Gasteiger partial charge in [0.1, 0.15) is 0 Å². The molecule has 98 valence electrons. The number of alkyl carbamates (subject to hydrolysis) is 1. The highest BCUT2D eigenvalue weighted by Crippen LogP contribution is 2.23. The Bertz CT molecular complexity index is 250. The third-order valence-electron chi connectivity index (χ3n) is 2.94. The zero-order chi connectivity index (χ0) is 12.5. The van der Waals surface area contributed by atoms with Gasteiger partial charge in [-0.15, -0.1) is 0 Å². The summed E-state index contributed by atoms with van der Waals surface area (Å²) in [5.74, 6) is 0.293. The van der Waals surface area contributed by atoms with Gasteiger partial charge in [0.25, 0.3) is 0 Å². The Morgan fingerprint density at radius 1 is 1.12 bits per heavy atom. The van der Waals surface area contributed by atoms with E-state index in [1.54, 1.807) is 6.92 Å². The summed E-state index contributed by atoms with van der Waals surface area (Å²) in [5, 5.41) is 5.41. The summed E-state index contributed by atoms with van der Waals surface area (Å²) in [6, 6.07) is 0. The summed E-state index contributed by atoms with van der Waals surface area (Å²) in [6.07, 6.45) is 5.11. The summed E-state index contributed by atoms with van der Waals surface area (Å²) in [7, 11) is 0. The van der Waals surface area contributed by atoms with Crippen LogP contribution in [-0.4, -0.2) is 31.7 Å². The Balaban J connectivity index is 2.05. The quantitative estimate of drug-likeness (QED) is 0.717. The largest absolute Gasteiger partial charge is 0.450 e. The van der Waals surface area contributed by atoms with Gasteiger partial charge in [0, 0.05) is 19.0 Å². The number of rotatable bonds is 5. The van der Waals surface area contributed by atoms with Gasteiger partial charge in [-0.1, -0.05) is 19.3 Å². The molecule has 0 spiro atoms. The molecule has 2 amide bonds. The molecule has 5 heteroatoms. The molecule has 0 bridgehead atoms. The van der Waals surface area contributed by atoms with Gasteiger partial charge in [-0.25, -0.2) is 4.79 Å². The van der Waals surface area contributed by atoms with Crippen LogP contribution in [0.5, 0.6) is 0 Å². The van der Waals surface area contributed by atoms with Gasteiger partial charge in [0.15, 0.2) is 0 Å². The van der Waals surface area contributed by atoms with E-state index in [4.69, 9.17) is 4.74 Å². The molecule has 1 aliphatic rings. The molecule has 0 aliphatic heterocycles. The summed E-state index contributed by atoms with van der Waals surface area (Å²) in [4.78, 5) is 22.7. The van der Waals surface area contributed by atoms with Gasteiger partial charge in [0.2, 0.25) is 5.91 Å². The first-order valence-corrected chi connectivity index (χ1v) is 6.42.